The van der Waals surface area contributed by atoms with Gasteiger partial charge in [0.2, 0.25) is 0 Å². The number of methoxy groups -OCH3 is 1. The van der Waals surface area contributed by atoms with Crippen LogP contribution in [0.5, 0.6) is 11.5 Å². The van der Waals surface area contributed by atoms with Gasteiger partial charge in [-0.2, -0.15) is 0 Å². The van der Waals surface area contributed by atoms with E-state index in [1.165, 1.54) is 7.11 Å². The summed E-state index contributed by atoms with van der Waals surface area (Å²) in [4.78, 5) is 11.5. The fourth-order valence-electron chi connectivity index (χ4n) is 1.57. The molecule has 92 valence electrons. The van der Waals surface area contributed by atoms with Crippen molar-refractivity contribution in [3.05, 3.63) is 59.7 Å². The fraction of sp³-hybridized carbons (Fsp3) is 0.133. The molecule has 18 heavy (non-hydrogen) atoms. The average molecular weight is 242 g/mol. The predicted octanol–water partition coefficient (Wildman–Crippen LogP) is 3.57. The summed E-state index contributed by atoms with van der Waals surface area (Å²) in [5.74, 6) is 1.03. The second-order valence-electron chi connectivity index (χ2n) is 3.89. The smallest absolute Gasteiger partial charge is 0.337 e. The Morgan fingerprint density at radius 1 is 1.06 bits per heavy atom. The van der Waals surface area contributed by atoms with Gasteiger partial charge < -0.3 is 9.47 Å². The second kappa shape index (κ2) is 5.36. The molecule has 0 amide bonds. The molecule has 2 aromatic rings. The average Bonchev–Trinajstić information content (AvgIpc) is 2.41. The van der Waals surface area contributed by atoms with E-state index < -0.39 is 0 Å². The molecule has 0 unspecified atom stereocenters. The molecule has 0 aliphatic carbocycles. The van der Waals surface area contributed by atoms with Gasteiger partial charge in [-0.25, -0.2) is 4.79 Å². The molecule has 0 saturated heterocycles. The van der Waals surface area contributed by atoms with Crippen molar-refractivity contribution >= 4 is 5.97 Å². The van der Waals surface area contributed by atoms with E-state index in [-0.39, 0.29) is 5.97 Å². The van der Waals surface area contributed by atoms with Crippen LogP contribution >= 0.6 is 0 Å². The number of ether oxygens (including phenoxy) is 2. The molecule has 0 aliphatic heterocycles. The highest BCUT2D eigenvalue weighted by Gasteiger charge is 2.09. The van der Waals surface area contributed by atoms with Gasteiger partial charge in [0.1, 0.15) is 11.5 Å². The van der Waals surface area contributed by atoms with Crippen molar-refractivity contribution in [2.75, 3.05) is 7.11 Å². The Morgan fingerprint density at radius 2 is 1.78 bits per heavy atom. The third-order valence-electron chi connectivity index (χ3n) is 2.58. The SMILES string of the molecule is COC(=O)c1ccc(C)c(Oc2ccccc2)c1. The highest BCUT2D eigenvalue weighted by molar-refractivity contribution is 5.89. The molecule has 0 aromatic heterocycles. The van der Waals surface area contributed by atoms with Crippen molar-refractivity contribution in [2.45, 2.75) is 6.92 Å². The van der Waals surface area contributed by atoms with Crippen LogP contribution in [0.4, 0.5) is 0 Å². The number of rotatable bonds is 3. The molecule has 3 nitrogen and oxygen atoms in total. The minimum atomic E-state index is -0.368. The van der Waals surface area contributed by atoms with Gasteiger partial charge in [0, 0.05) is 0 Å². The van der Waals surface area contributed by atoms with Crippen molar-refractivity contribution < 1.29 is 14.3 Å². The number of hydrogen-bond acceptors (Lipinski definition) is 3. The molecule has 2 aromatic carbocycles. The van der Waals surface area contributed by atoms with Gasteiger partial charge in [-0.05, 0) is 36.8 Å². The molecule has 2 rings (SSSR count). The molecule has 0 radical (unpaired) electrons. The summed E-state index contributed by atoms with van der Waals surface area (Å²) in [6.07, 6.45) is 0. The zero-order valence-electron chi connectivity index (χ0n) is 10.3. The third-order valence-corrected chi connectivity index (χ3v) is 2.58. The lowest BCUT2D eigenvalue weighted by Gasteiger charge is -2.09. The summed E-state index contributed by atoms with van der Waals surface area (Å²) >= 11 is 0. The number of esters is 1. The van der Waals surface area contributed by atoms with E-state index in [0.29, 0.717) is 11.3 Å². The number of carbonyl (C=O) groups excluding carboxylic acids is 1. The minimum absolute atomic E-state index is 0.368. The van der Waals surface area contributed by atoms with Gasteiger partial charge in [0.15, 0.2) is 0 Å². The lowest BCUT2D eigenvalue weighted by molar-refractivity contribution is 0.0600. The number of carbonyl (C=O) groups is 1. The minimum Gasteiger partial charge on any atom is -0.465 e. The van der Waals surface area contributed by atoms with Crippen molar-refractivity contribution in [2.24, 2.45) is 0 Å². The van der Waals surface area contributed by atoms with E-state index in [1.807, 2.05) is 43.3 Å². The Bertz CT molecular complexity index is 547. The first-order chi connectivity index (χ1) is 8.70. The van der Waals surface area contributed by atoms with Crippen LogP contribution in [0.1, 0.15) is 15.9 Å². The predicted molar refractivity (Wildman–Crippen MR) is 69.0 cm³/mol. The monoisotopic (exact) mass is 242 g/mol. The van der Waals surface area contributed by atoms with Gasteiger partial charge in [-0.3, -0.25) is 0 Å². The molecular weight excluding hydrogens is 228 g/mol. The molecule has 0 N–H and O–H groups in total. The number of para-hydroxylation sites is 1. The highest BCUT2D eigenvalue weighted by atomic mass is 16.5. The normalized spacial score (nSPS) is 9.89. The van der Waals surface area contributed by atoms with Gasteiger partial charge in [-0.1, -0.05) is 24.3 Å². The second-order valence-corrected chi connectivity index (χ2v) is 3.89. The van der Waals surface area contributed by atoms with Crippen molar-refractivity contribution in [3.8, 4) is 11.5 Å². The first kappa shape index (κ1) is 12.2. The van der Waals surface area contributed by atoms with Crippen molar-refractivity contribution in [1.29, 1.82) is 0 Å². The standard InChI is InChI=1S/C15H14O3/c1-11-8-9-12(15(16)17-2)10-14(11)18-13-6-4-3-5-7-13/h3-10H,1-2H3. The van der Waals surface area contributed by atoms with Gasteiger partial charge in [-0.15, -0.1) is 0 Å². The third kappa shape index (κ3) is 2.69. The van der Waals surface area contributed by atoms with E-state index in [1.54, 1.807) is 12.1 Å². The quantitative estimate of drug-likeness (QED) is 0.772. The Morgan fingerprint density at radius 3 is 2.44 bits per heavy atom. The summed E-state index contributed by atoms with van der Waals surface area (Å²) in [5, 5.41) is 0. The van der Waals surface area contributed by atoms with Crippen LogP contribution in [0.15, 0.2) is 48.5 Å². The van der Waals surface area contributed by atoms with E-state index in [4.69, 9.17) is 4.74 Å². The van der Waals surface area contributed by atoms with Gasteiger partial charge in [0.25, 0.3) is 0 Å². The lowest BCUT2D eigenvalue weighted by atomic mass is 10.1. The highest BCUT2D eigenvalue weighted by Crippen LogP contribution is 2.26. The summed E-state index contributed by atoms with van der Waals surface area (Å²) < 4.78 is 10.4. The van der Waals surface area contributed by atoms with Gasteiger partial charge >= 0.3 is 5.97 Å². The van der Waals surface area contributed by atoms with Gasteiger partial charge in [0.05, 0.1) is 12.7 Å². The van der Waals surface area contributed by atoms with Crippen LogP contribution in [-0.2, 0) is 4.74 Å². The Labute approximate surface area is 106 Å². The molecule has 0 saturated carbocycles. The lowest BCUT2D eigenvalue weighted by Crippen LogP contribution is -2.01. The molecule has 0 bridgehead atoms. The van der Waals surface area contributed by atoms with Crippen molar-refractivity contribution in [1.82, 2.24) is 0 Å². The van der Waals surface area contributed by atoms with Crippen LogP contribution in [-0.4, -0.2) is 13.1 Å². The first-order valence-corrected chi connectivity index (χ1v) is 5.62. The number of benzene rings is 2. The van der Waals surface area contributed by atoms with Crippen LogP contribution in [0.2, 0.25) is 0 Å². The maximum absolute atomic E-state index is 11.5. The van der Waals surface area contributed by atoms with Crippen LogP contribution in [0.25, 0.3) is 0 Å². The molecule has 0 heterocycles. The maximum Gasteiger partial charge on any atom is 0.337 e. The van der Waals surface area contributed by atoms with Crippen molar-refractivity contribution in [3.63, 3.8) is 0 Å². The van der Waals surface area contributed by atoms with Crippen LogP contribution in [0, 0.1) is 6.92 Å². The summed E-state index contributed by atoms with van der Waals surface area (Å²) in [5.41, 5.74) is 1.44. The molecule has 0 fully saturated rings. The number of aryl methyl sites for hydroxylation is 1. The summed E-state index contributed by atoms with van der Waals surface area (Å²) in [6, 6.07) is 14.7. The zero-order chi connectivity index (χ0) is 13.0. The Hall–Kier alpha value is -2.29. The van der Waals surface area contributed by atoms with E-state index in [9.17, 15) is 4.79 Å². The molecule has 0 atom stereocenters. The number of hydrogen-bond donors (Lipinski definition) is 0. The largest absolute Gasteiger partial charge is 0.465 e. The maximum atomic E-state index is 11.5. The molecule has 0 aliphatic rings. The molecule has 0 spiro atoms. The fourth-order valence-corrected chi connectivity index (χ4v) is 1.57. The Balaban J connectivity index is 2.30. The summed E-state index contributed by atoms with van der Waals surface area (Å²) in [7, 11) is 1.36. The van der Waals surface area contributed by atoms with E-state index in [0.717, 1.165) is 11.3 Å². The van der Waals surface area contributed by atoms with Crippen LogP contribution < -0.4 is 4.74 Å². The Kier molecular flexibility index (Phi) is 3.63. The van der Waals surface area contributed by atoms with E-state index >= 15 is 0 Å². The molecular formula is C15H14O3. The first-order valence-electron chi connectivity index (χ1n) is 5.62. The van der Waals surface area contributed by atoms with E-state index in [2.05, 4.69) is 4.74 Å². The topological polar surface area (TPSA) is 35.5 Å². The van der Waals surface area contributed by atoms with Crippen LogP contribution in [0.3, 0.4) is 0 Å². The zero-order valence-corrected chi connectivity index (χ0v) is 10.3. The molecule has 3 heteroatoms. The summed E-state index contributed by atoms with van der Waals surface area (Å²) in [6.45, 7) is 1.93.